The van der Waals surface area contributed by atoms with E-state index in [2.05, 4.69) is 4.98 Å². The molecule has 1 aliphatic heterocycles. The van der Waals surface area contributed by atoms with Gasteiger partial charge in [0.05, 0.1) is 18.8 Å². The Balaban J connectivity index is 1.76. The molecule has 0 aliphatic carbocycles. The van der Waals surface area contributed by atoms with Crippen LogP contribution in [0.3, 0.4) is 0 Å². The maximum absolute atomic E-state index is 13.8. The number of benzene rings is 1. The average molecular weight is 400 g/mol. The number of morpholine rings is 1. The van der Waals surface area contributed by atoms with Gasteiger partial charge < -0.3 is 9.64 Å². The maximum Gasteiger partial charge on any atom is 0.267 e. The zero-order valence-corrected chi connectivity index (χ0v) is 15.1. The van der Waals surface area contributed by atoms with E-state index in [0.717, 1.165) is 18.3 Å². The Bertz CT molecular complexity index is 916. The lowest BCUT2D eigenvalue weighted by Gasteiger charge is -2.27. The molecule has 1 aliphatic rings. The number of nitrogens with zero attached hydrogens (tertiary/aromatic N) is 2. The molecule has 0 saturated carbocycles. The predicted octanol–water partition coefficient (Wildman–Crippen LogP) is 1.83. The van der Waals surface area contributed by atoms with Gasteiger partial charge in [-0.25, -0.2) is 22.5 Å². The fraction of sp³-hybridized carbons (Fsp3) is 0.250. The summed E-state index contributed by atoms with van der Waals surface area (Å²) < 4.78 is 45.5. The van der Waals surface area contributed by atoms with Crippen LogP contribution in [0.15, 0.2) is 41.4 Å². The van der Waals surface area contributed by atoms with E-state index < -0.39 is 27.3 Å². The van der Waals surface area contributed by atoms with Gasteiger partial charge in [0.25, 0.3) is 15.9 Å². The predicted molar refractivity (Wildman–Crippen MR) is 93.3 cm³/mol. The van der Waals surface area contributed by atoms with Crippen LogP contribution in [0, 0.1) is 5.82 Å². The molecule has 0 spiro atoms. The number of halogens is 2. The van der Waals surface area contributed by atoms with E-state index in [-0.39, 0.29) is 9.92 Å². The van der Waals surface area contributed by atoms with E-state index in [4.69, 9.17) is 16.3 Å². The fourth-order valence-electron chi connectivity index (χ4n) is 2.42. The van der Waals surface area contributed by atoms with Gasteiger partial charge in [-0.1, -0.05) is 11.6 Å². The highest BCUT2D eigenvalue weighted by atomic mass is 35.5. The van der Waals surface area contributed by atoms with Gasteiger partial charge in [0.1, 0.15) is 16.5 Å². The van der Waals surface area contributed by atoms with E-state index in [0.29, 0.717) is 32.1 Å². The monoisotopic (exact) mass is 399 g/mol. The molecule has 3 rings (SSSR count). The van der Waals surface area contributed by atoms with Crippen molar-refractivity contribution in [3.63, 3.8) is 0 Å². The summed E-state index contributed by atoms with van der Waals surface area (Å²) in [5.41, 5.74) is -0.420. The summed E-state index contributed by atoms with van der Waals surface area (Å²) in [4.78, 5) is 18.0. The number of rotatable bonds is 4. The number of hydrogen-bond acceptors (Lipinski definition) is 6. The van der Waals surface area contributed by atoms with Crippen molar-refractivity contribution < 1.29 is 22.3 Å². The van der Waals surface area contributed by atoms with Gasteiger partial charge in [0, 0.05) is 24.3 Å². The first-order valence-corrected chi connectivity index (χ1v) is 9.54. The molecule has 2 heterocycles. The van der Waals surface area contributed by atoms with Gasteiger partial charge in [0.15, 0.2) is 0 Å². The molecule has 0 radical (unpaired) electrons. The third-order valence-corrected chi connectivity index (χ3v) is 5.32. The summed E-state index contributed by atoms with van der Waals surface area (Å²) in [7, 11) is -4.19. The molecular weight excluding hydrogens is 385 g/mol. The summed E-state index contributed by atoms with van der Waals surface area (Å²) in [6.07, 6.45) is 1.15. The number of carbonyl (C=O) groups excluding carboxylic acids is 1. The SMILES string of the molecule is O=C(NS(=O)(=O)c1ccc(N2CCOCC2)nc1)c1ccc(Cl)cc1F. The number of ether oxygens (including phenoxy) is 1. The molecule has 1 amide bonds. The van der Waals surface area contributed by atoms with E-state index in [9.17, 15) is 17.6 Å². The standard InChI is InChI=1S/C16H15ClFN3O4S/c17-11-1-3-13(14(18)9-11)16(22)20-26(23,24)12-2-4-15(19-10-12)21-5-7-25-8-6-21/h1-4,9-10H,5-8H2,(H,20,22). The van der Waals surface area contributed by atoms with Crippen LogP contribution in [0.25, 0.3) is 0 Å². The van der Waals surface area contributed by atoms with E-state index >= 15 is 0 Å². The third-order valence-electron chi connectivity index (χ3n) is 3.77. The maximum atomic E-state index is 13.8. The van der Waals surface area contributed by atoms with Crippen molar-refractivity contribution in [2.45, 2.75) is 4.90 Å². The van der Waals surface area contributed by atoms with Crippen LogP contribution in [0.4, 0.5) is 10.2 Å². The smallest absolute Gasteiger partial charge is 0.267 e. The molecule has 1 fully saturated rings. The lowest BCUT2D eigenvalue weighted by atomic mass is 10.2. The van der Waals surface area contributed by atoms with Gasteiger partial charge in [-0.2, -0.15) is 0 Å². The van der Waals surface area contributed by atoms with Gasteiger partial charge in [-0.05, 0) is 30.3 Å². The zero-order valence-electron chi connectivity index (χ0n) is 13.5. The molecule has 26 heavy (non-hydrogen) atoms. The first-order valence-electron chi connectivity index (χ1n) is 7.68. The van der Waals surface area contributed by atoms with Crippen LogP contribution in [-0.4, -0.2) is 45.6 Å². The van der Waals surface area contributed by atoms with E-state index in [1.54, 1.807) is 6.07 Å². The zero-order chi connectivity index (χ0) is 18.7. The molecular formula is C16H15ClFN3O4S. The van der Waals surface area contributed by atoms with Crippen molar-refractivity contribution in [2.75, 3.05) is 31.2 Å². The summed E-state index contributed by atoms with van der Waals surface area (Å²) in [6, 6.07) is 6.23. The number of sulfonamides is 1. The highest BCUT2D eigenvalue weighted by molar-refractivity contribution is 7.90. The Morgan fingerprint density at radius 3 is 2.58 bits per heavy atom. The Morgan fingerprint density at radius 1 is 1.23 bits per heavy atom. The quantitative estimate of drug-likeness (QED) is 0.843. The Kier molecular flexibility index (Phi) is 5.40. The highest BCUT2D eigenvalue weighted by Gasteiger charge is 2.22. The van der Waals surface area contributed by atoms with Crippen LogP contribution < -0.4 is 9.62 Å². The summed E-state index contributed by atoms with van der Waals surface area (Å²) >= 11 is 5.62. The van der Waals surface area contributed by atoms with Crippen molar-refractivity contribution in [1.29, 1.82) is 0 Å². The van der Waals surface area contributed by atoms with E-state index in [1.807, 2.05) is 9.62 Å². The van der Waals surface area contributed by atoms with E-state index in [1.165, 1.54) is 12.1 Å². The summed E-state index contributed by atoms with van der Waals surface area (Å²) in [6.45, 7) is 2.46. The molecule has 1 aromatic heterocycles. The second kappa shape index (κ2) is 7.56. The van der Waals surface area contributed by atoms with Crippen molar-refractivity contribution in [2.24, 2.45) is 0 Å². The largest absolute Gasteiger partial charge is 0.378 e. The minimum absolute atomic E-state index is 0.102. The summed E-state index contributed by atoms with van der Waals surface area (Å²) in [5, 5.41) is 0.102. The minimum Gasteiger partial charge on any atom is -0.378 e. The first kappa shape index (κ1) is 18.6. The first-order chi connectivity index (χ1) is 12.4. The molecule has 1 aromatic carbocycles. The van der Waals surface area contributed by atoms with Crippen molar-refractivity contribution in [3.8, 4) is 0 Å². The number of pyridine rings is 1. The number of amides is 1. The van der Waals surface area contributed by atoms with Crippen LogP contribution in [0.2, 0.25) is 5.02 Å². The molecule has 1 saturated heterocycles. The van der Waals surface area contributed by atoms with Crippen molar-refractivity contribution in [1.82, 2.24) is 9.71 Å². The second-order valence-electron chi connectivity index (χ2n) is 5.51. The van der Waals surface area contributed by atoms with Gasteiger partial charge in [0.2, 0.25) is 0 Å². The van der Waals surface area contributed by atoms with Crippen molar-refractivity contribution >= 4 is 33.3 Å². The van der Waals surface area contributed by atoms with Crippen LogP contribution >= 0.6 is 11.6 Å². The topological polar surface area (TPSA) is 88.6 Å². The van der Waals surface area contributed by atoms with Crippen LogP contribution in [0.1, 0.15) is 10.4 Å². The minimum atomic E-state index is -4.19. The number of nitrogens with one attached hydrogen (secondary N) is 1. The third kappa shape index (κ3) is 4.12. The lowest BCUT2D eigenvalue weighted by Crippen LogP contribution is -2.36. The molecule has 0 unspecified atom stereocenters. The molecule has 7 nitrogen and oxygen atoms in total. The fourth-order valence-corrected chi connectivity index (χ4v) is 3.49. The molecule has 0 atom stereocenters. The molecule has 1 N–H and O–H groups in total. The molecule has 138 valence electrons. The Labute approximate surface area is 154 Å². The highest BCUT2D eigenvalue weighted by Crippen LogP contribution is 2.18. The number of carbonyl (C=O) groups is 1. The lowest BCUT2D eigenvalue weighted by molar-refractivity contribution is 0.0977. The van der Waals surface area contributed by atoms with Gasteiger partial charge in [-0.15, -0.1) is 0 Å². The molecule has 2 aromatic rings. The number of hydrogen-bond donors (Lipinski definition) is 1. The van der Waals surface area contributed by atoms with Crippen LogP contribution in [-0.2, 0) is 14.8 Å². The number of anilines is 1. The molecule has 0 bridgehead atoms. The van der Waals surface area contributed by atoms with Gasteiger partial charge >= 0.3 is 0 Å². The average Bonchev–Trinajstić information content (AvgIpc) is 2.62. The normalized spacial score (nSPS) is 14.9. The van der Waals surface area contributed by atoms with Crippen molar-refractivity contribution in [3.05, 3.63) is 52.9 Å². The Morgan fingerprint density at radius 2 is 1.96 bits per heavy atom. The van der Waals surface area contributed by atoms with Gasteiger partial charge in [-0.3, -0.25) is 4.79 Å². The molecule has 10 heteroatoms. The Hall–Kier alpha value is -2.23. The second-order valence-corrected chi connectivity index (χ2v) is 7.63. The number of aromatic nitrogens is 1. The van der Waals surface area contributed by atoms with Crippen LogP contribution in [0.5, 0.6) is 0 Å². The summed E-state index contributed by atoms with van der Waals surface area (Å²) in [5.74, 6) is -1.38.